The summed E-state index contributed by atoms with van der Waals surface area (Å²) in [5, 5.41) is -0.751. The smallest absolute Gasteiger partial charge is 0.246 e. The quantitative estimate of drug-likeness (QED) is 0.791. The van der Waals surface area contributed by atoms with E-state index < -0.39 is 25.1 Å². The number of hydrogen-bond acceptors (Lipinski definition) is 5. The SMILES string of the molecule is COc1ccccc1S(=O)(=O)N1CCC(S(=O)(=O)c2ccccc2)C1. The predicted molar refractivity (Wildman–Crippen MR) is 93.8 cm³/mol. The first kappa shape index (κ1) is 17.9. The number of ether oxygens (including phenoxy) is 1. The van der Waals surface area contributed by atoms with Crippen LogP contribution in [0.1, 0.15) is 6.42 Å². The Morgan fingerprint density at radius 1 is 0.960 bits per heavy atom. The molecule has 2 aromatic carbocycles. The molecule has 0 saturated carbocycles. The number of sulfonamides is 1. The number of nitrogens with zero attached hydrogens (tertiary/aromatic N) is 1. The molecule has 0 spiro atoms. The molecule has 2 aromatic rings. The summed E-state index contributed by atoms with van der Waals surface area (Å²) in [5.41, 5.74) is 0. The van der Waals surface area contributed by atoms with Crippen LogP contribution in [-0.2, 0) is 19.9 Å². The highest BCUT2D eigenvalue weighted by molar-refractivity contribution is 7.92. The fraction of sp³-hybridized carbons (Fsp3) is 0.294. The van der Waals surface area contributed by atoms with Crippen molar-refractivity contribution in [1.29, 1.82) is 0 Å². The highest BCUT2D eigenvalue weighted by Gasteiger charge is 2.40. The molecular formula is C17H19NO5S2. The summed E-state index contributed by atoms with van der Waals surface area (Å²) in [4.78, 5) is 0.270. The lowest BCUT2D eigenvalue weighted by molar-refractivity contribution is 0.398. The number of methoxy groups -OCH3 is 1. The van der Waals surface area contributed by atoms with Gasteiger partial charge in [-0.2, -0.15) is 4.31 Å². The van der Waals surface area contributed by atoms with E-state index in [1.54, 1.807) is 36.4 Å². The summed E-state index contributed by atoms with van der Waals surface area (Å²) in [6.45, 7) is 0.106. The van der Waals surface area contributed by atoms with Crippen LogP contribution >= 0.6 is 0 Å². The van der Waals surface area contributed by atoms with E-state index in [0.717, 1.165) is 0 Å². The Balaban J connectivity index is 1.88. The van der Waals surface area contributed by atoms with Crippen molar-refractivity contribution >= 4 is 19.9 Å². The van der Waals surface area contributed by atoms with E-state index in [4.69, 9.17) is 4.74 Å². The van der Waals surface area contributed by atoms with Crippen LogP contribution in [-0.4, -0.2) is 46.6 Å². The number of para-hydroxylation sites is 1. The summed E-state index contributed by atoms with van der Waals surface area (Å²) < 4.78 is 57.5. The number of benzene rings is 2. The van der Waals surface area contributed by atoms with Crippen molar-refractivity contribution in [3.05, 3.63) is 54.6 Å². The molecule has 1 atom stereocenters. The van der Waals surface area contributed by atoms with Crippen molar-refractivity contribution in [1.82, 2.24) is 4.31 Å². The molecule has 0 aromatic heterocycles. The van der Waals surface area contributed by atoms with Gasteiger partial charge in [0, 0.05) is 13.1 Å². The molecule has 0 radical (unpaired) electrons. The average molecular weight is 381 g/mol. The van der Waals surface area contributed by atoms with Gasteiger partial charge in [0.05, 0.1) is 17.3 Å². The molecular weight excluding hydrogens is 362 g/mol. The topological polar surface area (TPSA) is 80.8 Å². The van der Waals surface area contributed by atoms with Crippen LogP contribution in [0.4, 0.5) is 0 Å². The van der Waals surface area contributed by atoms with Gasteiger partial charge in [0.1, 0.15) is 10.6 Å². The van der Waals surface area contributed by atoms with Gasteiger partial charge >= 0.3 is 0 Å². The summed E-state index contributed by atoms with van der Waals surface area (Å²) in [6, 6.07) is 14.5. The second-order valence-electron chi connectivity index (χ2n) is 5.78. The minimum Gasteiger partial charge on any atom is -0.495 e. The second kappa shape index (κ2) is 6.78. The van der Waals surface area contributed by atoms with Gasteiger partial charge in [-0.05, 0) is 30.7 Å². The van der Waals surface area contributed by atoms with Gasteiger partial charge in [-0.3, -0.25) is 0 Å². The van der Waals surface area contributed by atoms with E-state index in [1.807, 2.05) is 0 Å². The molecule has 0 amide bonds. The molecule has 134 valence electrons. The molecule has 3 rings (SSSR count). The molecule has 8 heteroatoms. The second-order valence-corrected chi connectivity index (χ2v) is 9.92. The molecule has 1 saturated heterocycles. The maximum absolute atomic E-state index is 12.9. The third-order valence-corrected chi connectivity index (χ3v) is 8.40. The number of hydrogen-bond donors (Lipinski definition) is 0. The molecule has 1 aliphatic rings. The molecule has 0 aliphatic carbocycles. The lowest BCUT2D eigenvalue weighted by Gasteiger charge is -2.18. The van der Waals surface area contributed by atoms with Crippen LogP contribution in [0.3, 0.4) is 0 Å². The van der Waals surface area contributed by atoms with Gasteiger partial charge in [0.25, 0.3) is 0 Å². The van der Waals surface area contributed by atoms with Crippen LogP contribution in [0.2, 0.25) is 0 Å². The summed E-state index contributed by atoms with van der Waals surface area (Å²) in [5.74, 6) is 0.247. The van der Waals surface area contributed by atoms with E-state index in [9.17, 15) is 16.8 Å². The van der Waals surface area contributed by atoms with Crippen LogP contribution in [0.15, 0.2) is 64.4 Å². The maximum Gasteiger partial charge on any atom is 0.246 e. The first-order valence-electron chi connectivity index (χ1n) is 7.79. The Morgan fingerprint density at radius 3 is 2.28 bits per heavy atom. The number of rotatable bonds is 5. The van der Waals surface area contributed by atoms with Crippen molar-refractivity contribution in [2.24, 2.45) is 0 Å². The molecule has 1 aliphatic heterocycles. The zero-order valence-electron chi connectivity index (χ0n) is 13.7. The first-order valence-corrected chi connectivity index (χ1v) is 10.8. The van der Waals surface area contributed by atoms with Gasteiger partial charge in [0.2, 0.25) is 10.0 Å². The normalized spacial score (nSPS) is 19.0. The molecule has 1 heterocycles. The van der Waals surface area contributed by atoms with Crippen molar-refractivity contribution < 1.29 is 21.6 Å². The van der Waals surface area contributed by atoms with Crippen molar-refractivity contribution in [2.75, 3.05) is 20.2 Å². The Bertz CT molecular complexity index is 956. The molecule has 6 nitrogen and oxygen atoms in total. The zero-order chi connectivity index (χ0) is 18.1. The van der Waals surface area contributed by atoms with Crippen molar-refractivity contribution in [3.8, 4) is 5.75 Å². The molecule has 0 bridgehead atoms. The largest absolute Gasteiger partial charge is 0.495 e. The average Bonchev–Trinajstić information content (AvgIpc) is 3.14. The summed E-state index contributed by atoms with van der Waals surface area (Å²) in [7, 11) is -5.98. The molecule has 1 fully saturated rings. The third kappa shape index (κ3) is 3.29. The lowest BCUT2D eigenvalue weighted by Crippen LogP contribution is -2.32. The van der Waals surface area contributed by atoms with Gasteiger partial charge in [-0.1, -0.05) is 30.3 Å². The highest BCUT2D eigenvalue weighted by atomic mass is 32.2. The Kier molecular flexibility index (Phi) is 4.86. The van der Waals surface area contributed by atoms with Gasteiger partial charge in [-0.25, -0.2) is 16.8 Å². The van der Waals surface area contributed by atoms with Gasteiger partial charge in [0.15, 0.2) is 9.84 Å². The predicted octanol–water partition coefficient (Wildman–Crippen LogP) is 1.93. The van der Waals surface area contributed by atoms with Crippen LogP contribution in [0.5, 0.6) is 5.75 Å². The van der Waals surface area contributed by atoms with Gasteiger partial charge in [-0.15, -0.1) is 0 Å². The monoisotopic (exact) mass is 381 g/mol. The third-order valence-electron chi connectivity index (χ3n) is 4.31. The summed E-state index contributed by atoms with van der Waals surface area (Å²) in [6.07, 6.45) is 0.269. The number of sulfone groups is 1. The zero-order valence-corrected chi connectivity index (χ0v) is 15.3. The Hall–Kier alpha value is -1.90. The molecule has 25 heavy (non-hydrogen) atoms. The fourth-order valence-corrected chi connectivity index (χ4v) is 6.41. The minimum absolute atomic E-state index is 0.0512. The minimum atomic E-state index is -3.81. The standard InChI is InChI=1S/C17H19NO5S2/c1-23-16-9-5-6-10-17(16)25(21,22)18-12-11-15(13-18)24(19,20)14-7-3-2-4-8-14/h2-10,15H,11-13H2,1H3. The van der Waals surface area contributed by atoms with Gasteiger partial charge < -0.3 is 4.74 Å². The van der Waals surface area contributed by atoms with E-state index in [1.165, 1.54) is 29.6 Å². The van der Waals surface area contributed by atoms with E-state index >= 15 is 0 Å². The highest BCUT2D eigenvalue weighted by Crippen LogP contribution is 2.31. The van der Waals surface area contributed by atoms with Crippen LogP contribution < -0.4 is 4.74 Å². The summed E-state index contributed by atoms with van der Waals surface area (Å²) >= 11 is 0. The van der Waals surface area contributed by atoms with E-state index in [0.29, 0.717) is 0 Å². The Labute approximate surface area is 148 Å². The van der Waals surface area contributed by atoms with Crippen LogP contribution in [0, 0.1) is 0 Å². The maximum atomic E-state index is 12.9. The van der Waals surface area contributed by atoms with E-state index in [2.05, 4.69) is 0 Å². The lowest BCUT2D eigenvalue weighted by atomic mass is 10.3. The van der Waals surface area contributed by atoms with E-state index in [-0.39, 0.29) is 35.1 Å². The molecule has 0 N–H and O–H groups in total. The van der Waals surface area contributed by atoms with Crippen molar-refractivity contribution in [2.45, 2.75) is 21.5 Å². The van der Waals surface area contributed by atoms with Crippen molar-refractivity contribution in [3.63, 3.8) is 0 Å². The molecule has 1 unspecified atom stereocenters. The fourth-order valence-electron chi connectivity index (χ4n) is 2.94. The first-order chi connectivity index (χ1) is 11.9. The Morgan fingerprint density at radius 2 is 1.60 bits per heavy atom. The van der Waals surface area contributed by atoms with Crippen LogP contribution in [0.25, 0.3) is 0 Å².